The molecule has 2 fully saturated rings. The summed E-state index contributed by atoms with van der Waals surface area (Å²) in [5.74, 6) is 0. The number of nitrogens with zero attached hydrogens (tertiary/aromatic N) is 1. The lowest BCUT2D eigenvalue weighted by Crippen LogP contribution is -2.58. The predicted octanol–water partition coefficient (Wildman–Crippen LogP) is 2.02. The maximum absolute atomic E-state index is 11.7. The van der Waals surface area contributed by atoms with Crippen LogP contribution in [0.1, 0.15) is 52.4 Å². The average Bonchev–Trinajstić information content (AvgIpc) is 2.18. The molecular formula is C12H23N3O. The molecule has 1 saturated heterocycles. The lowest BCUT2D eigenvalue weighted by molar-refractivity contribution is 0.0580. The van der Waals surface area contributed by atoms with Gasteiger partial charge in [0.25, 0.3) is 0 Å². The molecule has 2 atom stereocenters. The summed E-state index contributed by atoms with van der Waals surface area (Å²) >= 11 is 0. The molecule has 4 heteroatoms. The smallest absolute Gasteiger partial charge is 0.329 e. The maximum atomic E-state index is 11.7. The molecule has 2 amide bonds. The van der Waals surface area contributed by atoms with Crippen molar-refractivity contribution in [3.8, 4) is 0 Å². The third-order valence-electron chi connectivity index (χ3n) is 3.86. The molecule has 1 aliphatic heterocycles. The number of piperidine rings is 1. The number of nitrogens with one attached hydrogen (secondary N) is 2. The molecule has 1 saturated carbocycles. The Labute approximate surface area is 97.7 Å². The average molecular weight is 225 g/mol. The molecule has 0 spiro atoms. The lowest BCUT2D eigenvalue weighted by Gasteiger charge is -2.39. The molecule has 2 unspecified atom stereocenters. The van der Waals surface area contributed by atoms with E-state index in [1.54, 1.807) is 0 Å². The highest BCUT2D eigenvalue weighted by Crippen LogP contribution is 2.21. The van der Waals surface area contributed by atoms with E-state index >= 15 is 0 Å². The van der Waals surface area contributed by atoms with Crippen molar-refractivity contribution in [1.82, 2.24) is 15.8 Å². The van der Waals surface area contributed by atoms with E-state index in [0.717, 1.165) is 12.8 Å². The zero-order valence-electron chi connectivity index (χ0n) is 10.3. The molecule has 2 N–H and O–H groups in total. The first-order valence-electron chi connectivity index (χ1n) is 6.52. The summed E-state index contributed by atoms with van der Waals surface area (Å²) in [4.78, 5) is 11.7. The molecule has 2 rings (SSSR count). The van der Waals surface area contributed by atoms with Crippen LogP contribution in [0.2, 0.25) is 0 Å². The van der Waals surface area contributed by atoms with Crippen molar-refractivity contribution in [1.29, 1.82) is 0 Å². The molecule has 1 aliphatic carbocycles. The van der Waals surface area contributed by atoms with Gasteiger partial charge in [0.2, 0.25) is 0 Å². The fraction of sp³-hybridized carbons (Fsp3) is 0.917. The Bertz CT molecular complexity index is 243. The molecule has 0 bridgehead atoms. The van der Waals surface area contributed by atoms with Gasteiger partial charge in [-0.15, -0.1) is 0 Å². The highest BCUT2D eigenvalue weighted by Gasteiger charge is 2.27. The molecule has 4 nitrogen and oxygen atoms in total. The van der Waals surface area contributed by atoms with Crippen molar-refractivity contribution in [3.63, 3.8) is 0 Å². The SMILES string of the molecule is CC1CCCC(C)N1NC(=O)NC1CCC1. The Hall–Kier alpha value is -0.770. The van der Waals surface area contributed by atoms with Crippen LogP contribution in [-0.2, 0) is 0 Å². The summed E-state index contributed by atoms with van der Waals surface area (Å²) < 4.78 is 0. The molecule has 2 aliphatic rings. The highest BCUT2D eigenvalue weighted by molar-refractivity contribution is 5.73. The van der Waals surface area contributed by atoms with Gasteiger partial charge < -0.3 is 5.32 Å². The van der Waals surface area contributed by atoms with Crippen LogP contribution in [-0.4, -0.2) is 29.2 Å². The quantitative estimate of drug-likeness (QED) is 0.755. The van der Waals surface area contributed by atoms with E-state index in [1.165, 1.54) is 25.7 Å². The molecular weight excluding hydrogens is 202 g/mol. The van der Waals surface area contributed by atoms with E-state index < -0.39 is 0 Å². The van der Waals surface area contributed by atoms with Crippen molar-refractivity contribution in [2.75, 3.05) is 0 Å². The van der Waals surface area contributed by atoms with Crippen molar-refractivity contribution in [2.24, 2.45) is 0 Å². The zero-order chi connectivity index (χ0) is 11.5. The molecule has 0 aromatic carbocycles. The summed E-state index contributed by atoms with van der Waals surface area (Å²) in [5, 5.41) is 5.12. The van der Waals surface area contributed by atoms with Crippen molar-refractivity contribution in [3.05, 3.63) is 0 Å². The van der Waals surface area contributed by atoms with Crippen molar-refractivity contribution in [2.45, 2.75) is 70.5 Å². The third-order valence-corrected chi connectivity index (χ3v) is 3.86. The molecule has 92 valence electrons. The van der Waals surface area contributed by atoms with Crippen LogP contribution >= 0.6 is 0 Å². The van der Waals surface area contributed by atoms with Gasteiger partial charge in [-0.3, -0.25) is 5.43 Å². The van der Waals surface area contributed by atoms with E-state index in [0.29, 0.717) is 18.1 Å². The lowest BCUT2D eigenvalue weighted by atomic mass is 9.93. The van der Waals surface area contributed by atoms with Gasteiger partial charge in [0.1, 0.15) is 0 Å². The van der Waals surface area contributed by atoms with E-state index in [4.69, 9.17) is 0 Å². The van der Waals surface area contributed by atoms with Crippen molar-refractivity contribution >= 4 is 6.03 Å². The van der Waals surface area contributed by atoms with Gasteiger partial charge in [-0.25, -0.2) is 9.80 Å². The molecule has 0 aromatic rings. The first-order chi connectivity index (χ1) is 7.66. The van der Waals surface area contributed by atoms with Gasteiger partial charge in [-0.05, 0) is 46.0 Å². The second-order valence-corrected chi connectivity index (χ2v) is 5.25. The maximum Gasteiger partial charge on any atom is 0.329 e. The van der Waals surface area contributed by atoms with Crippen LogP contribution in [0, 0.1) is 0 Å². The summed E-state index contributed by atoms with van der Waals surface area (Å²) in [6.07, 6.45) is 7.14. The Morgan fingerprint density at radius 2 is 1.62 bits per heavy atom. The van der Waals surface area contributed by atoms with Crippen LogP contribution in [0.5, 0.6) is 0 Å². The number of amides is 2. The Morgan fingerprint density at radius 1 is 1.06 bits per heavy atom. The van der Waals surface area contributed by atoms with Crippen LogP contribution < -0.4 is 10.7 Å². The molecule has 0 radical (unpaired) electrons. The summed E-state index contributed by atoms with van der Waals surface area (Å²) in [6, 6.07) is 1.30. The number of hydrogen-bond acceptors (Lipinski definition) is 2. The van der Waals surface area contributed by atoms with E-state index in [-0.39, 0.29) is 6.03 Å². The fourth-order valence-electron chi connectivity index (χ4n) is 2.53. The third kappa shape index (κ3) is 2.67. The molecule has 0 aromatic heterocycles. The van der Waals surface area contributed by atoms with E-state index in [2.05, 4.69) is 29.6 Å². The first-order valence-corrected chi connectivity index (χ1v) is 6.52. The number of carbonyl (C=O) groups excluding carboxylic acids is 1. The standard InChI is InChI=1S/C12H23N3O/c1-9-5-3-6-10(2)15(9)14-12(16)13-11-7-4-8-11/h9-11H,3-8H2,1-2H3,(H2,13,14,16). The summed E-state index contributed by atoms with van der Waals surface area (Å²) in [6.45, 7) is 4.36. The van der Waals surface area contributed by atoms with Crippen LogP contribution in [0.4, 0.5) is 4.79 Å². The molecule has 1 heterocycles. The number of hydrazine groups is 1. The Morgan fingerprint density at radius 3 is 2.12 bits per heavy atom. The largest absolute Gasteiger partial charge is 0.334 e. The van der Waals surface area contributed by atoms with Gasteiger partial charge >= 0.3 is 6.03 Å². The fourth-order valence-corrected chi connectivity index (χ4v) is 2.53. The highest BCUT2D eigenvalue weighted by atomic mass is 16.2. The minimum atomic E-state index is -0.0229. The monoisotopic (exact) mass is 225 g/mol. The second kappa shape index (κ2) is 5.04. The van der Waals surface area contributed by atoms with Crippen LogP contribution in [0.25, 0.3) is 0 Å². The van der Waals surface area contributed by atoms with Crippen LogP contribution in [0.15, 0.2) is 0 Å². The predicted molar refractivity (Wildman–Crippen MR) is 63.9 cm³/mol. The second-order valence-electron chi connectivity index (χ2n) is 5.25. The van der Waals surface area contributed by atoms with Gasteiger partial charge in [-0.2, -0.15) is 0 Å². The van der Waals surface area contributed by atoms with Gasteiger partial charge in [-0.1, -0.05) is 6.42 Å². The topological polar surface area (TPSA) is 44.4 Å². The van der Waals surface area contributed by atoms with E-state index in [1.807, 2.05) is 0 Å². The van der Waals surface area contributed by atoms with Gasteiger partial charge in [0.15, 0.2) is 0 Å². The normalized spacial score (nSPS) is 31.9. The zero-order valence-corrected chi connectivity index (χ0v) is 10.3. The Kier molecular flexibility index (Phi) is 3.69. The van der Waals surface area contributed by atoms with Crippen molar-refractivity contribution < 1.29 is 4.79 Å². The van der Waals surface area contributed by atoms with Gasteiger partial charge in [0.05, 0.1) is 0 Å². The number of carbonyl (C=O) groups is 1. The number of rotatable bonds is 2. The summed E-state index contributed by atoms with van der Waals surface area (Å²) in [7, 11) is 0. The summed E-state index contributed by atoms with van der Waals surface area (Å²) in [5.41, 5.74) is 3.00. The van der Waals surface area contributed by atoms with Gasteiger partial charge in [0, 0.05) is 18.1 Å². The first kappa shape index (κ1) is 11.7. The minimum Gasteiger partial charge on any atom is -0.334 e. The van der Waals surface area contributed by atoms with Crippen LogP contribution in [0.3, 0.4) is 0 Å². The number of urea groups is 1. The Balaban J connectivity index is 1.79. The minimum absolute atomic E-state index is 0.0229. The number of hydrogen-bond donors (Lipinski definition) is 2. The van der Waals surface area contributed by atoms with E-state index in [9.17, 15) is 4.79 Å². The molecule has 16 heavy (non-hydrogen) atoms.